The van der Waals surface area contributed by atoms with Gasteiger partial charge in [-0.3, -0.25) is 4.79 Å². The summed E-state index contributed by atoms with van der Waals surface area (Å²) in [6, 6.07) is 5.59. The Hall–Kier alpha value is -2.23. The molecular weight excluding hydrogens is 451 g/mol. The summed E-state index contributed by atoms with van der Waals surface area (Å²) in [6.07, 6.45) is 3.40. The number of rotatable bonds is 9. The zero-order valence-corrected chi connectivity index (χ0v) is 19.5. The Morgan fingerprint density at radius 2 is 1.94 bits per heavy atom. The first kappa shape index (κ1) is 23.9. The van der Waals surface area contributed by atoms with Crippen LogP contribution in [0.3, 0.4) is 0 Å². The summed E-state index contributed by atoms with van der Waals surface area (Å²) in [5.74, 6) is 1.52. The molecule has 2 aliphatic rings. The molecule has 1 unspecified atom stereocenters. The van der Waals surface area contributed by atoms with Crippen molar-refractivity contribution in [1.82, 2.24) is 20.1 Å². The summed E-state index contributed by atoms with van der Waals surface area (Å²) in [5.41, 5.74) is -0.311. The van der Waals surface area contributed by atoms with Gasteiger partial charge >= 0.3 is 6.18 Å². The molecule has 0 aliphatic heterocycles. The van der Waals surface area contributed by atoms with Gasteiger partial charge in [-0.15, -0.1) is 10.2 Å². The second kappa shape index (κ2) is 10.4. The van der Waals surface area contributed by atoms with E-state index in [9.17, 15) is 18.0 Å². The third-order valence-corrected chi connectivity index (χ3v) is 7.31. The van der Waals surface area contributed by atoms with Crippen LogP contribution < -0.4 is 10.6 Å². The maximum atomic E-state index is 13.0. The predicted octanol–water partition coefficient (Wildman–Crippen LogP) is 5.42. The normalized spacial score (nSPS) is 18.2. The number of hydrogen-bond acceptors (Lipinski definition) is 5. The van der Waals surface area contributed by atoms with Crippen molar-refractivity contribution in [3.05, 3.63) is 35.7 Å². The number of benzene rings is 1. The van der Waals surface area contributed by atoms with Gasteiger partial charge < -0.3 is 15.2 Å². The molecule has 1 aromatic heterocycles. The SMILES string of the molecule is CC(NC(=O)CSc1nnc(CNc2cccc(C(F)(F)F)c2)n1C1CCCCC1)C1CC1. The third-order valence-electron chi connectivity index (χ3n) is 6.37. The van der Waals surface area contributed by atoms with Gasteiger partial charge in [0.1, 0.15) is 0 Å². The topological polar surface area (TPSA) is 71.8 Å². The van der Waals surface area contributed by atoms with Crippen molar-refractivity contribution < 1.29 is 18.0 Å². The van der Waals surface area contributed by atoms with Crippen LogP contribution in [-0.2, 0) is 17.5 Å². The van der Waals surface area contributed by atoms with Crippen LogP contribution in [0.2, 0.25) is 0 Å². The van der Waals surface area contributed by atoms with E-state index in [1.165, 1.54) is 37.1 Å². The smallest absolute Gasteiger partial charge is 0.378 e. The first-order chi connectivity index (χ1) is 15.8. The maximum Gasteiger partial charge on any atom is 0.416 e. The van der Waals surface area contributed by atoms with Gasteiger partial charge in [0, 0.05) is 17.8 Å². The third kappa shape index (κ3) is 6.43. The van der Waals surface area contributed by atoms with E-state index in [1.54, 1.807) is 6.07 Å². The molecule has 1 amide bonds. The molecule has 2 saturated carbocycles. The van der Waals surface area contributed by atoms with Crippen LogP contribution in [0.4, 0.5) is 18.9 Å². The van der Waals surface area contributed by atoms with Gasteiger partial charge in [-0.2, -0.15) is 13.2 Å². The van der Waals surface area contributed by atoms with Crippen LogP contribution in [0.25, 0.3) is 0 Å². The lowest BCUT2D eigenvalue weighted by atomic mass is 9.95. The molecule has 2 aromatic rings. The van der Waals surface area contributed by atoms with Crippen molar-refractivity contribution >= 4 is 23.4 Å². The highest BCUT2D eigenvalue weighted by Gasteiger charge is 2.31. The zero-order chi connectivity index (χ0) is 23.4. The molecule has 2 aliphatic carbocycles. The highest BCUT2D eigenvalue weighted by molar-refractivity contribution is 7.99. The molecule has 1 atom stereocenters. The fourth-order valence-electron chi connectivity index (χ4n) is 4.36. The molecule has 2 N–H and O–H groups in total. The minimum Gasteiger partial charge on any atom is -0.378 e. The summed E-state index contributed by atoms with van der Waals surface area (Å²) >= 11 is 1.37. The lowest BCUT2D eigenvalue weighted by molar-refractivity contribution is -0.137. The highest BCUT2D eigenvalue weighted by Crippen LogP contribution is 2.34. The van der Waals surface area contributed by atoms with Gasteiger partial charge in [-0.05, 0) is 56.7 Å². The predicted molar refractivity (Wildman–Crippen MR) is 122 cm³/mol. The lowest BCUT2D eigenvalue weighted by Gasteiger charge is -2.25. The average molecular weight is 482 g/mol. The molecule has 0 spiro atoms. The summed E-state index contributed by atoms with van der Waals surface area (Å²) in [6.45, 7) is 2.30. The number of anilines is 1. The molecule has 6 nitrogen and oxygen atoms in total. The second-order valence-corrected chi connectivity index (χ2v) is 9.92. The molecule has 1 heterocycles. The molecule has 10 heteroatoms. The fourth-order valence-corrected chi connectivity index (χ4v) is 5.19. The Labute approximate surface area is 196 Å². The van der Waals surface area contributed by atoms with E-state index >= 15 is 0 Å². The lowest BCUT2D eigenvalue weighted by Crippen LogP contribution is -2.35. The van der Waals surface area contributed by atoms with Gasteiger partial charge in [0.15, 0.2) is 11.0 Å². The summed E-state index contributed by atoms with van der Waals surface area (Å²) in [4.78, 5) is 12.4. The van der Waals surface area contributed by atoms with Gasteiger partial charge in [-0.25, -0.2) is 0 Å². The number of nitrogens with zero attached hydrogens (tertiary/aromatic N) is 3. The first-order valence-electron chi connectivity index (χ1n) is 11.6. The van der Waals surface area contributed by atoms with Crippen LogP contribution in [0.5, 0.6) is 0 Å². The molecular formula is C23H30F3N5OS. The van der Waals surface area contributed by atoms with E-state index in [4.69, 9.17) is 0 Å². The minimum absolute atomic E-state index is 0.0127. The van der Waals surface area contributed by atoms with Crippen molar-refractivity contribution in [2.24, 2.45) is 5.92 Å². The monoisotopic (exact) mass is 481 g/mol. The van der Waals surface area contributed by atoms with E-state index in [-0.39, 0.29) is 30.3 Å². The molecule has 0 bridgehead atoms. The molecule has 2 fully saturated rings. The van der Waals surface area contributed by atoms with Crippen LogP contribution in [0.1, 0.15) is 69.3 Å². The van der Waals surface area contributed by atoms with E-state index in [0.717, 1.165) is 37.8 Å². The first-order valence-corrected chi connectivity index (χ1v) is 12.6. The van der Waals surface area contributed by atoms with E-state index < -0.39 is 11.7 Å². The van der Waals surface area contributed by atoms with E-state index in [1.807, 2.05) is 6.92 Å². The molecule has 180 valence electrons. The Bertz CT molecular complexity index is 954. The molecule has 0 radical (unpaired) electrons. The van der Waals surface area contributed by atoms with Crippen molar-refractivity contribution in [3.8, 4) is 0 Å². The number of aromatic nitrogens is 3. The van der Waals surface area contributed by atoms with Crippen molar-refractivity contribution in [1.29, 1.82) is 0 Å². The Balaban J connectivity index is 1.44. The fraction of sp³-hybridized carbons (Fsp3) is 0.609. The van der Waals surface area contributed by atoms with Crippen LogP contribution in [-0.4, -0.2) is 32.5 Å². The highest BCUT2D eigenvalue weighted by atomic mass is 32.2. The summed E-state index contributed by atoms with van der Waals surface area (Å²) in [5, 5.41) is 15.5. The number of thioether (sulfide) groups is 1. The molecule has 4 rings (SSSR count). The average Bonchev–Trinajstić information content (AvgIpc) is 3.57. The van der Waals surface area contributed by atoms with Crippen molar-refractivity contribution in [2.45, 2.75) is 81.8 Å². The van der Waals surface area contributed by atoms with Gasteiger partial charge in [0.2, 0.25) is 5.91 Å². The molecule has 33 heavy (non-hydrogen) atoms. The zero-order valence-electron chi connectivity index (χ0n) is 18.7. The second-order valence-electron chi connectivity index (χ2n) is 8.98. The van der Waals surface area contributed by atoms with Crippen LogP contribution in [0.15, 0.2) is 29.4 Å². The summed E-state index contributed by atoms with van der Waals surface area (Å²) in [7, 11) is 0. The van der Waals surface area contributed by atoms with E-state index in [0.29, 0.717) is 22.6 Å². The van der Waals surface area contributed by atoms with E-state index in [2.05, 4.69) is 25.4 Å². The number of halogens is 3. The van der Waals surface area contributed by atoms with Gasteiger partial charge in [0.05, 0.1) is 17.9 Å². The van der Waals surface area contributed by atoms with Gasteiger partial charge in [-0.1, -0.05) is 37.1 Å². The number of carbonyl (C=O) groups is 1. The number of amides is 1. The molecule has 0 saturated heterocycles. The van der Waals surface area contributed by atoms with Crippen LogP contribution >= 0.6 is 11.8 Å². The Morgan fingerprint density at radius 1 is 1.18 bits per heavy atom. The summed E-state index contributed by atoms with van der Waals surface area (Å²) < 4.78 is 41.2. The van der Waals surface area contributed by atoms with Crippen molar-refractivity contribution in [3.63, 3.8) is 0 Å². The maximum absolute atomic E-state index is 13.0. The number of hydrogen-bond donors (Lipinski definition) is 2. The Morgan fingerprint density at radius 3 is 2.64 bits per heavy atom. The van der Waals surface area contributed by atoms with Crippen LogP contribution in [0, 0.1) is 5.92 Å². The molecule has 1 aromatic carbocycles. The number of carbonyl (C=O) groups excluding carboxylic acids is 1. The van der Waals surface area contributed by atoms with Crippen molar-refractivity contribution in [2.75, 3.05) is 11.1 Å². The minimum atomic E-state index is -4.39. The largest absolute Gasteiger partial charge is 0.416 e. The number of nitrogens with one attached hydrogen (secondary N) is 2. The quantitative estimate of drug-likeness (QED) is 0.468. The Kier molecular flexibility index (Phi) is 7.51. The van der Waals surface area contributed by atoms with Gasteiger partial charge in [0.25, 0.3) is 0 Å². The standard InChI is InChI=1S/C23H30F3N5OS/c1-15(16-10-11-16)28-21(32)14-33-22-30-29-20(31(22)19-8-3-2-4-9-19)13-27-18-7-5-6-17(12-18)23(24,25)26/h5-7,12,15-16,19,27H,2-4,8-11,13-14H2,1H3,(H,28,32). The number of alkyl halides is 3.